The first kappa shape index (κ1) is 18.4. The van der Waals surface area contributed by atoms with Gasteiger partial charge in [-0.05, 0) is 36.4 Å². The average Bonchev–Trinajstić information content (AvgIpc) is 2.68. The van der Waals surface area contributed by atoms with Crippen molar-refractivity contribution < 1.29 is 14.6 Å². The van der Waals surface area contributed by atoms with Gasteiger partial charge in [0.25, 0.3) is 0 Å². The zero-order valence-electron chi connectivity index (χ0n) is 15.2. The summed E-state index contributed by atoms with van der Waals surface area (Å²) in [5, 5.41) is 10.2. The zero-order valence-corrected chi connectivity index (χ0v) is 15.2. The molecule has 0 bridgehead atoms. The van der Waals surface area contributed by atoms with Crippen molar-refractivity contribution >= 4 is 11.4 Å². The van der Waals surface area contributed by atoms with Gasteiger partial charge in [0, 0.05) is 50.2 Å². The number of nitrogens with zero attached hydrogens (tertiary/aromatic N) is 2. The van der Waals surface area contributed by atoms with Gasteiger partial charge in [0.1, 0.15) is 24.2 Å². The molecule has 3 N–H and O–H groups in total. The monoisotopic (exact) mass is 357 g/mol. The molecule has 1 atom stereocenters. The van der Waals surface area contributed by atoms with Crippen molar-refractivity contribution in [2.75, 3.05) is 57.1 Å². The van der Waals surface area contributed by atoms with E-state index in [0.717, 1.165) is 37.7 Å². The van der Waals surface area contributed by atoms with Crippen LogP contribution in [0.2, 0.25) is 0 Å². The van der Waals surface area contributed by atoms with E-state index in [1.807, 2.05) is 24.3 Å². The van der Waals surface area contributed by atoms with Gasteiger partial charge in [-0.1, -0.05) is 6.07 Å². The van der Waals surface area contributed by atoms with Crippen LogP contribution in [-0.2, 0) is 0 Å². The highest BCUT2D eigenvalue weighted by molar-refractivity contribution is 5.51. The van der Waals surface area contributed by atoms with Gasteiger partial charge in [0.05, 0.1) is 7.11 Å². The number of nitrogen functional groups attached to an aromatic ring is 1. The number of benzene rings is 2. The van der Waals surface area contributed by atoms with Crippen molar-refractivity contribution in [3.63, 3.8) is 0 Å². The minimum Gasteiger partial charge on any atom is -0.497 e. The van der Waals surface area contributed by atoms with Crippen molar-refractivity contribution in [1.29, 1.82) is 0 Å². The smallest absolute Gasteiger partial charge is 0.120 e. The average molecular weight is 357 g/mol. The molecule has 2 aromatic carbocycles. The summed E-state index contributed by atoms with van der Waals surface area (Å²) in [6.07, 6.45) is -0.518. The van der Waals surface area contributed by atoms with E-state index in [4.69, 9.17) is 15.2 Å². The Hall–Kier alpha value is -2.44. The van der Waals surface area contributed by atoms with Crippen LogP contribution in [-0.4, -0.2) is 62.6 Å². The fraction of sp³-hybridized carbons (Fsp3) is 0.400. The predicted molar refractivity (Wildman–Crippen MR) is 104 cm³/mol. The molecule has 2 aromatic rings. The number of rotatable bonds is 7. The van der Waals surface area contributed by atoms with Gasteiger partial charge in [-0.2, -0.15) is 0 Å². The lowest BCUT2D eigenvalue weighted by Crippen LogP contribution is -2.49. The number of hydrogen-bond acceptors (Lipinski definition) is 6. The highest BCUT2D eigenvalue weighted by Crippen LogP contribution is 2.22. The lowest BCUT2D eigenvalue weighted by molar-refractivity contribution is 0.0663. The van der Waals surface area contributed by atoms with E-state index in [-0.39, 0.29) is 6.61 Å². The van der Waals surface area contributed by atoms with E-state index < -0.39 is 6.10 Å². The molecule has 0 spiro atoms. The van der Waals surface area contributed by atoms with E-state index in [1.54, 1.807) is 19.2 Å². The Balaban J connectivity index is 1.42. The first-order valence-electron chi connectivity index (χ1n) is 8.92. The van der Waals surface area contributed by atoms with Gasteiger partial charge in [-0.25, -0.2) is 0 Å². The fourth-order valence-electron chi connectivity index (χ4n) is 3.10. The first-order valence-corrected chi connectivity index (χ1v) is 8.92. The molecule has 0 unspecified atom stereocenters. The highest BCUT2D eigenvalue weighted by Gasteiger charge is 2.20. The zero-order chi connectivity index (χ0) is 18.4. The van der Waals surface area contributed by atoms with Gasteiger partial charge in [-0.15, -0.1) is 0 Å². The minimum atomic E-state index is -0.518. The Bertz CT molecular complexity index is 685. The minimum absolute atomic E-state index is 0.278. The van der Waals surface area contributed by atoms with Crippen LogP contribution in [0.15, 0.2) is 48.5 Å². The molecule has 0 aliphatic carbocycles. The van der Waals surface area contributed by atoms with Crippen LogP contribution in [0.1, 0.15) is 0 Å². The molecular weight excluding hydrogens is 330 g/mol. The van der Waals surface area contributed by atoms with E-state index in [0.29, 0.717) is 12.2 Å². The van der Waals surface area contributed by atoms with Gasteiger partial charge in [-0.3, -0.25) is 4.90 Å². The second kappa shape index (κ2) is 8.78. The van der Waals surface area contributed by atoms with Crippen LogP contribution in [0.25, 0.3) is 0 Å². The lowest BCUT2D eigenvalue weighted by Gasteiger charge is -2.37. The summed E-state index contributed by atoms with van der Waals surface area (Å²) >= 11 is 0. The lowest BCUT2D eigenvalue weighted by atomic mass is 10.2. The van der Waals surface area contributed by atoms with Crippen LogP contribution in [0.5, 0.6) is 11.5 Å². The summed E-state index contributed by atoms with van der Waals surface area (Å²) in [6, 6.07) is 15.3. The summed E-state index contributed by atoms with van der Waals surface area (Å²) in [7, 11) is 1.69. The Kier molecular flexibility index (Phi) is 6.20. The number of nitrogens with two attached hydrogens (primary N) is 1. The van der Waals surface area contributed by atoms with Crippen LogP contribution in [0.3, 0.4) is 0 Å². The van der Waals surface area contributed by atoms with E-state index in [2.05, 4.69) is 21.9 Å². The second-order valence-corrected chi connectivity index (χ2v) is 6.52. The molecule has 1 fully saturated rings. The van der Waals surface area contributed by atoms with E-state index >= 15 is 0 Å². The topological polar surface area (TPSA) is 71.2 Å². The first-order chi connectivity index (χ1) is 12.6. The highest BCUT2D eigenvalue weighted by atomic mass is 16.5. The molecule has 0 saturated carbocycles. The number of anilines is 2. The maximum Gasteiger partial charge on any atom is 0.120 e. The number of methoxy groups -OCH3 is 1. The molecule has 6 nitrogen and oxygen atoms in total. The quantitative estimate of drug-likeness (QED) is 0.737. The van der Waals surface area contributed by atoms with Crippen LogP contribution >= 0.6 is 0 Å². The number of aliphatic hydroxyl groups excluding tert-OH is 1. The molecule has 0 radical (unpaired) electrons. The number of β-amino-alcohol motifs (C(OH)–C–C–N with tert-alkyl or cyclic N) is 1. The van der Waals surface area contributed by atoms with E-state index in [9.17, 15) is 5.11 Å². The van der Waals surface area contributed by atoms with Gasteiger partial charge in [0.15, 0.2) is 0 Å². The van der Waals surface area contributed by atoms with Crippen molar-refractivity contribution in [3.05, 3.63) is 48.5 Å². The van der Waals surface area contributed by atoms with Crippen molar-refractivity contribution in [1.82, 2.24) is 4.90 Å². The molecule has 140 valence electrons. The maximum absolute atomic E-state index is 10.2. The van der Waals surface area contributed by atoms with E-state index in [1.165, 1.54) is 5.69 Å². The number of ether oxygens (including phenoxy) is 2. The molecule has 0 amide bonds. The van der Waals surface area contributed by atoms with Crippen LogP contribution in [0, 0.1) is 0 Å². The number of hydrogen-bond donors (Lipinski definition) is 2. The van der Waals surface area contributed by atoms with Crippen molar-refractivity contribution in [2.45, 2.75) is 6.10 Å². The van der Waals surface area contributed by atoms with Crippen LogP contribution < -0.4 is 20.1 Å². The summed E-state index contributed by atoms with van der Waals surface area (Å²) in [5.41, 5.74) is 7.53. The normalized spacial score (nSPS) is 16.3. The van der Waals surface area contributed by atoms with Gasteiger partial charge >= 0.3 is 0 Å². The SMILES string of the molecule is COc1cccc(N2CCN(C[C@H](O)COc3ccc(N)cc3)CC2)c1. The number of aliphatic hydroxyl groups is 1. The van der Waals surface area contributed by atoms with Gasteiger partial charge < -0.3 is 25.2 Å². The molecule has 26 heavy (non-hydrogen) atoms. The van der Waals surface area contributed by atoms with Crippen LogP contribution in [0.4, 0.5) is 11.4 Å². The third-order valence-corrected chi connectivity index (χ3v) is 4.58. The molecule has 3 rings (SSSR count). The van der Waals surface area contributed by atoms with Crippen molar-refractivity contribution in [3.8, 4) is 11.5 Å². The Morgan fingerprint density at radius 3 is 2.46 bits per heavy atom. The summed E-state index contributed by atoms with van der Waals surface area (Å²) in [5.74, 6) is 1.60. The second-order valence-electron chi connectivity index (χ2n) is 6.52. The van der Waals surface area contributed by atoms with Crippen molar-refractivity contribution in [2.24, 2.45) is 0 Å². The molecule has 1 saturated heterocycles. The molecule has 0 aromatic heterocycles. The largest absolute Gasteiger partial charge is 0.497 e. The molecular formula is C20H27N3O3. The summed E-state index contributed by atoms with van der Waals surface area (Å²) in [6.45, 7) is 4.57. The fourth-order valence-corrected chi connectivity index (χ4v) is 3.10. The van der Waals surface area contributed by atoms with Gasteiger partial charge in [0.2, 0.25) is 0 Å². The molecule has 1 aliphatic rings. The standard InChI is InChI=1S/C20H27N3O3/c1-25-20-4-2-3-17(13-20)23-11-9-22(10-12-23)14-18(24)15-26-19-7-5-16(21)6-8-19/h2-8,13,18,24H,9-12,14-15,21H2,1H3/t18-/m0/s1. The summed E-state index contributed by atoms with van der Waals surface area (Å²) in [4.78, 5) is 4.62. The third kappa shape index (κ3) is 5.03. The Morgan fingerprint density at radius 2 is 1.77 bits per heavy atom. The Morgan fingerprint density at radius 1 is 1.04 bits per heavy atom. The summed E-state index contributed by atoms with van der Waals surface area (Å²) < 4.78 is 10.9. The maximum atomic E-state index is 10.2. The molecule has 1 aliphatic heterocycles. The third-order valence-electron chi connectivity index (χ3n) is 4.58. The predicted octanol–water partition coefficient (Wildman–Crippen LogP) is 1.84. The number of piperazine rings is 1. The molecule has 6 heteroatoms. The Labute approximate surface area is 154 Å². The molecule has 1 heterocycles.